The van der Waals surface area contributed by atoms with Crippen molar-refractivity contribution in [2.24, 2.45) is 5.73 Å². The molecule has 0 radical (unpaired) electrons. The van der Waals surface area contributed by atoms with Crippen LogP contribution in [-0.2, 0) is 6.54 Å². The Morgan fingerprint density at radius 3 is 2.36 bits per heavy atom. The van der Waals surface area contributed by atoms with Crippen molar-refractivity contribution in [3.8, 4) is 11.5 Å². The van der Waals surface area contributed by atoms with E-state index in [1.165, 1.54) is 14.2 Å². The fraction of sp³-hybridized carbons (Fsp3) is 0.300. The number of carbonyl (C=O) groups excluding carboxylic acids is 1. The first kappa shape index (κ1) is 10.5. The van der Waals surface area contributed by atoms with Gasteiger partial charge in [0.05, 0.1) is 19.8 Å². The summed E-state index contributed by atoms with van der Waals surface area (Å²) in [6, 6.07) is 3.42. The summed E-state index contributed by atoms with van der Waals surface area (Å²) in [4.78, 5) is 10.7. The van der Waals surface area contributed by atoms with E-state index in [1.807, 2.05) is 0 Å². The largest absolute Gasteiger partial charge is 0.492 e. The molecule has 14 heavy (non-hydrogen) atoms. The highest BCUT2D eigenvalue weighted by Crippen LogP contribution is 2.33. The molecule has 0 saturated carbocycles. The minimum atomic E-state index is 0.346. The van der Waals surface area contributed by atoms with E-state index in [2.05, 4.69) is 0 Å². The van der Waals surface area contributed by atoms with E-state index < -0.39 is 0 Å². The third-order valence-electron chi connectivity index (χ3n) is 1.98. The number of ether oxygens (including phenoxy) is 2. The summed E-state index contributed by atoms with van der Waals surface area (Å²) in [7, 11) is 3.01. The Labute approximate surface area is 82.6 Å². The van der Waals surface area contributed by atoms with E-state index in [9.17, 15) is 4.79 Å². The molecular formula is C10H13NO3. The second-order valence-corrected chi connectivity index (χ2v) is 2.70. The van der Waals surface area contributed by atoms with Gasteiger partial charge in [0, 0.05) is 12.1 Å². The molecule has 0 aromatic heterocycles. The van der Waals surface area contributed by atoms with E-state index in [-0.39, 0.29) is 0 Å². The minimum absolute atomic E-state index is 0.346. The van der Waals surface area contributed by atoms with Gasteiger partial charge in [0.25, 0.3) is 0 Å². The molecule has 0 bridgehead atoms. The first-order valence-corrected chi connectivity index (χ1v) is 4.17. The van der Waals surface area contributed by atoms with Gasteiger partial charge in [-0.05, 0) is 6.07 Å². The molecule has 0 fully saturated rings. The average Bonchev–Trinajstić information content (AvgIpc) is 2.26. The molecule has 1 aromatic rings. The fourth-order valence-corrected chi connectivity index (χ4v) is 1.31. The molecule has 76 valence electrons. The molecular weight excluding hydrogens is 182 g/mol. The molecule has 0 saturated heterocycles. The molecule has 0 spiro atoms. The van der Waals surface area contributed by atoms with E-state index in [0.717, 1.165) is 11.8 Å². The van der Waals surface area contributed by atoms with E-state index in [4.69, 9.17) is 15.2 Å². The van der Waals surface area contributed by atoms with E-state index in [1.54, 1.807) is 12.1 Å². The van der Waals surface area contributed by atoms with Gasteiger partial charge in [-0.2, -0.15) is 0 Å². The van der Waals surface area contributed by atoms with Crippen LogP contribution in [0, 0.1) is 0 Å². The highest BCUT2D eigenvalue weighted by atomic mass is 16.5. The molecule has 0 amide bonds. The molecule has 0 aliphatic rings. The van der Waals surface area contributed by atoms with Crippen molar-refractivity contribution >= 4 is 6.29 Å². The number of carbonyl (C=O) groups is 1. The predicted octanol–water partition coefficient (Wildman–Crippen LogP) is 0.975. The SMILES string of the molecule is COc1c(C=O)ccc(CN)c1OC. The lowest BCUT2D eigenvalue weighted by atomic mass is 10.1. The molecule has 0 atom stereocenters. The number of methoxy groups -OCH3 is 2. The van der Waals surface area contributed by atoms with Gasteiger partial charge in [-0.15, -0.1) is 0 Å². The second kappa shape index (κ2) is 4.62. The standard InChI is InChI=1S/C10H13NO3/c1-13-9-7(5-11)3-4-8(6-12)10(9)14-2/h3-4,6H,5,11H2,1-2H3. The van der Waals surface area contributed by atoms with Gasteiger partial charge in [-0.3, -0.25) is 4.79 Å². The molecule has 0 aliphatic heterocycles. The van der Waals surface area contributed by atoms with Crippen LogP contribution in [0.2, 0.25) is 0 Å². The normalized spacial score (nSPS) is 9.64. The van der Waals surface area contributed by atoms with Crippen molar-refractivity contribution in [3.05, 3.63) is 23.3 Å². The second-order valence-electron chi connectivity index (χ2n) is 2.70. The maximum Gasteiger partial charge on any atom is 0.171 e. The van der Waals surface area contributed by atoms with Crippen LogP contribution in [0.1, 0.15) is 15.9 Å². The third kappa shape index (κ3) is 1.70. The Balaban J connectivity index is 3.35. The van der Waals surface area contributed by atoms with Crippen LogP contribution in [0.4, 0.5) is 0 Å². The summed E-state index contributed by atoms with van der Waals surface area (Å²) in [5, 5.41) is 0. The topological polar surface area (TPSA) is 61.5 Å². The molecule has 1 rings (SSSR count). The Morgan fingerprint density at radius 2 is 1.93 bits per heavy atom. The van der Waals surface area contributed by atoms with Gasteiger partial charge in [-0.1, -0.05) is 6.07 Å². The molecule has 0 aliphatic carbocycles. The van der Waals surface area contributed by atoms with E-state index >= 15 is 0 Å². The van der Waals surface area contributed by atoms with Crippen molar-refractivity contribution in [1.82, 2.24) is 0 Å². The zero-order valence-corrected chi connectivity index (χ0v) is 8.24. The first-order valence-electron chi connectivity index (χ1n) is 4.17. The van der Waals surface area contributed by atoms with Gasteiger partial charge < -0.3 is 15.2 Å². The first-order chi connectivity index (χ1) is 6.78. The third-order valence-corrected chi connectivity index (χ3v) is 1.98. The van der Waals surface area contributed by atoms with E-state index in [0.29, 0.717) is 23.6 Å². The number of nitrogens with two attached hydrogens (primary N) is 1. The lowest BCUT2D eigenvalue weighted by Crippen LogP contribution is -2.03. The number of hydrogen-bond donors (Lipinski definition) is 1. The monoisotopic (exact) mass is 195 g/mol. The maximum absolute atomic E-state index is 10.7. The minimum Gasteiger partial charge on any atom is -0.492 e. The fourth-order valence-electron chi connectivity index (χ4n) is 1.31. The summed E-state index contributed by atoms with van der Waals surface area (Å²) in [5.74, 6) is 0.963. The summed E-state index contributed by atoms with van der Waals surface area (Å²) in [6.45, 7) is 0.346. The van der Waals surface area contributed by atoms with Crippen LogP contribution < -0.4 is 15.2 Å². The molecule has 4 heteroatoms. The van der Waals surface area contributed by atoms with Crippen molar-refractivity contribution in [3.63, 3.8) is 0 Å². The van der Waals surface area contributed by atoms with Gasteiger partial charge in [0.1, 0.15) is 0 Å². The Kier molecular flexibility index (Phi) is 3.48. The maximum atomic E-state index is 10.7. The van der Waals surface area contributed by atoms with Crippen molar-refractivity contribution in [2.75, 3.05) is 14.2 Å². The zero-order chi connectivity index (χ0) is 10.6. The van der Waals surface area contributed by atoms with Crippen molar-refractivity contribution < 1.29 is 14.3 Å². The summed E-state index contributed by atoms with van der Waals surface area (Å²) >= 11 is 0. The van der Waals surface area contributed by atoms with Crippen LogP contribution >= 0.6 is 0 Å². The Morgan fingerprint density at radius 1 is 1.29 bits per heavy atom. The number of aldehydes is 1. The molecule has 0 heterocycles. The Hall–Kier alpha value is -1.55. The van der Waals surface area contributed by atoms with Crippen LogP contribution in [0.25, 0.3) is 0 Å². The van der Waals surface area contributed by atoms with Gasteiger partial charge in [0.15, 0.2) is 17.8 Å². The zero-order valence-electron chi connectivity index (χ0n) is 8.24. The quantitative estimate of drug-likeness (QED) is 0.727. The van der Waals surface area contributed by atoms with Crippen molar-refractivity contribution in [2.45, 2.75) is 6.54 Å². The highest BCUT2D eigenvalue weighted by molar-refractivity contribution is 5.81. The van der Waals surface area contributed by atoms with Gasteiger partial charge in [-0.25, -0.2) is 0 Å². The van der Waals surface area contributed by atoms with Crippen molar-refractivity contribution in [1.29, 1.82) is 0 Å². The molecule has 2 N–H and O–H groups in total. The summed E-state index contributed by atoms with van der Waals surface area (Å²) in [5.41, 5.74) is 6.79. The Bertz CT molecular complexity index is 336. The smallest absolute Gasteiger partial charge is 0.171 e. The number of benzene rings is 1. The summed E-state index contributed by atoms with van der Waals surface area (Å²) < 4.78 is 10.2. The van der Waals surface area contributed by atoms with Gasteiger partial charge in [0.2, 0.25) is 0 Å². The molecule has 4 nitrogen and oxygen atoms in total. The highest BCUT2D eigenvalue weighted by Gasteiger charge is 2.13. The lowest BCUT2D eigenvalue weighted by molar-refractivity contribution is 0.112. The number of rotatable bonds is 4. The van der Waals surface area contributed by atoms with Gasteiger partial charge >= 0.3 is 0 Å². The predicted molar refractivity (Wildman–Crippen MR) is 52.8 cm³/mol. The van der Waals surface area contributed by atoms with Crippen LogP contribution in [-0.4, -0.2) is 20.5 Å². The van der Waals surface area contributed by atoms with Crippen LogP contribution in [0.3, 0.4) is 0 Å². The van der Waals surface area contributed by atoms with Crippen LogP contribution in [0.5, 0.6) is 11.5 Å². The van der Waals surface area contributed by atoms with Crippen LogP contribution in [0.15, 0.2) is 12.1 Å². The lowest BCUT2D eigenvalue weighted by Gasteiger charge is -2.12. The molecule has 0 unspecified atom stereocenters. The number of hydrogen-bond acceptors (Lipinski definition) is 4. The summed E-state index contributed by atoms with van der Waals surface area (Å²) in [6.07, 6.45) is 0.724. The molecule has 1 aromatic carbocycles. The average molecular weight is 195 g/mol.